The van der Waals surface area contributed by atoms with Gasteiger partial charge in [-0.2, -0.15) is 0 Å². The molecular formula is C26H26NOP. The summed E-state index contributed by atoms with van der Waals surface area (Å²) in [6.45, 7) is 7.12. The highest BCUT2D eigenvalue weighted by Gasteiger charge is 2.22. The van der Waals surface area contributed by atoms with Gasteiger partial charge in [-0.05, 0) is 69.6 Å². The summed E-state index contributed by atoms with van der Waals surface area (Å²) in [5, 5.41) is 4.16. The van der Waals surface area contributed by atoms with E-state index in [9.17, 15) is 0 Å². The Balaban J connectivity index is 1.82. The maximum atomic E-state index is 5.61. The average molecular weight is 399 g/mol. The number of rotatable bonds is 6. The molecule has 3 aromatic carbocycles. The van der Waals surface area contributed by atoms with Gasteiger partial charge in [0.25, 0.3) is 0 Å². The van der Waals surface area contributed by atoms with E-state index in [0.29, 0.717) is 6.61 Å². The molecule has 0 spiro atoms. The number of aromatic nitrogens is 1. The molecule has 0 aliphatic carbocycles. The Labute approximate surface area is 174 Å². The van der Waals surface area contributed by atoms with E-state index < -0.39 is 7.92 Å². The van der Waals surface area contributed by atoms with Crippen molar-refractivity contribution in [1.29, 1.82) is 0 Å². The molecule has 0 radical (unpaired) electrons. The molecule has 4 rings (SSSR count). The number of hydrogen-bond donors (Lipinski definition) is 0. The fourth-order valence-electron chi connectivity index (χ4n) is 3.81. The lowest BCUT2D eigenvalue weighted by atomic mass is 10.3. The quantitative estimate of drug-likeness (QED) is 0.404. The van der Waals surface area contributed by atoms with Crippen molar-refractivity contribution in [2.75, 3.05) is 6.61 Å². The smallest absolute Gasteiger partial charge is 0.119 e. The van der Waals surface area contributed by atoms with Crippen LogP contribution in [-0.2, 0) is 0 Å². The first-order valence-electron chi connectivity index (χ1n) is 10.0. The van der Waals surface area contributed by atoms with Crippen molar-refractivity contribution in [2.45, 2.75) is 20.8 Å². The second-order valence-electron chi connectivity index (χ2n) is 7.03. The zero-order chi connectivity index (χ0) is 20.2. The molecule has 29 heavy (non-hydrogen) atoms. The second-order valence-corrected chi connectivity index (χ2v) is 9.21. The van der Waals surface area contributed by atoms with E-state index in [0.717, 1.165) is 5.75 Å². The van der Waals surface area contributed by atoms with Crippen LogP contribution in [0.25, 0.3) is 5.69 Å². The van der Waals surface area contributed by atoms with Gasteiger partial charge in [-0.3, -0.25) is 0 Å². The van der Waals surface area contributed by atoms with Crippen LogP contribution < -0.4 is 20.7 Å². The van der Waals surface area contributed by atoms with Gasteiger partial charge in [0.05, 0.1) is 6.61 Å². The topological polar surface area (TPSA) is 14.2 Å². The van der Waals surface area contributed by atoms with Gasteiger partial charge in [-0.15, -0.1) is 0 Å². The highest BCUT2D eigenvalue weighted by molar-refractivity contribution is 7.79. The van der Waals surface area contributed by atoms with Crippen molar-refractivity contribution >= 4 is 23.8 Å². The molecule has 0 bridgehead atoms. The molecule has 1 heterocycles. The van der Waals surface area contributed by atoms with E-state index >= 15 is 0 Å². The lowest BCUT2D eigenvalue weighted by molar-refractivity contribution is 0.340. The SMILES string of the molecule is CCOc1ccc(-n2c(C)cc(P(c3ccccc3)c3ccccc3)c2C)cc1. The first-order valence-corrected chi connectivity index (χ1v) is 11.4. The Hall–Kier alpha value is -2.83. The lowest BCUT2D eigenvalue weighted by Gasteiger charge is -2.19. The van der Waals surface area contributed by atoms with Gasteiger partial charge in [0.2, 0.25) is 0 Å². The maximum Gasteiger partial charge on any atom is 0.119 e. The summed E-state index contributed by atoms with van der Waals surface area (Å²) >= 11 is 0. The normalized spacial score (nSPS) is 11.0. The molecule has 0 amide bonds. The summed E-state index contributed by atoms with van der Waals surface area (Å²) in [5.41, 5.74) is 3.72. The lowest BCUT2D eigenvalue weighted by Crippen LogP contribution is -2.21. The molecule has 3 heteroatoms. The van der Waals surface area contributed by atoms with Crippen molar-refractivity contribution in [3.63, 3.8) is 0 Å². The molecule has 0 saturated carbocycles. The van der Waals surface area contributed by atoms with Crippen LogP contribution in [0.15, 0.2) is 91.0 Å². The molecule has 0 atom stereocenters. The summed E-state index contributed by atoms with van der Waals surface area (Å²) in [4.78, 5) is 0. The van der Waals surface area contributed by atoms with E-state index in [-0.39, 0.29) is 0 Å². The van der Waals surface area contributed by atoms with Gasteiger partial charge in [0, 0.05) is 22.4 Å². The van der Waals surface area contributed by atoms with E-state index in [4.69, 9.17) is 4.74 Å². The Kier molecular flexibility index (Phi) is 5.83. The number of benzene rings is 3. The minimum absolute atomic E-state index is 0.610. The van der Waals surface area contributed by atoms with E-state index in [1.807, 2.05) is 6.92 Å². The van der Waals surface area contributed by atoms with Gasteiger partial charge in [-0.1, -0.05) is 60.7 Å². The van der Waals surface area contributed by atoms with Crippen LogP contribution in [0.1, 0.15) is 18.3 Å². The Morgan fingerprint density at radius 2 is 1.31 bits per heavy atom. The number of ether oxygens (including phenoxy) is 1. The van der Waals surface area contributed by atoms with Crippen molar-refractivity contribution in [3.8, 4) is 11.4 Å². The molecular weight excluding hydrogens is 373 g/mol. The minimum Gasteiger partial charge on any atom is -0.494 e. The van der Waals surface area contributed by atoms with Gasteiger partial charge in [0.15, 0.2) is 0 Å². The van der Waals surface area contributed by atoms with Crippen LogP contribution in [0.3, 0.4) is 0 Å². The van der Waals surface area contributed by atoms with Gasteiger partial charge in [0.1, 0.15) is 5.75 Å². The summed E-state index contributed by atoms with van der Waals surface area (Å²) in [5.74, 6) is 0.912. The molecule has 2 nitrogen and oxygen atoms in total. The third kappa shape index (κ3) is 3.99. The fraction of sp³-hybridized carbons (Fsp3) is 0.154. The van der Waals surface area contributed by atoms with Crippen molar-refractivity contribution in [1.82, 2.24) is 4.57 Å². The molecule has 1 aromatic heterocycles. The van der Waals surface area contributed by atoms with Crippen LogP contribution in [0.5, 0.6) is 5.75 Å². The van der Waals surface area contributed by atoms with Crippen LogP contribution in [0.2, 0.25) is 0 Å². The number of aryl methyl sites for hydroxylation is 1. The maximum absolute atomic E-state index is 5.61. The van der Waals surface area contributed by atoms with Gasteiger partial charge in [-0.25, -0.2) is 0 Å². The Bertz CT molecular complexity index is 1030. The van der Waals surface area contributed by atoms with E-state index in [1.54, 1.807) is 0 Å². The van der Waals surface area contributed by atoms with Crippen molar-refractivity contribution in [2.24, 2.45) is 0 Å². The summed E-state index contributed by atoms with van der Waals surface area (Å²) in [6, 6.07) is 32.5. The number of nitrogens with zero attached hydrogens (tertiary/aromatic N) is 1. The zero-order valence-corrected chi connectivity index (χ0v) is 18.1. The molecule has 146 valence electrons. The van der Waals surface area contributed by atoms with Gasteiger partial charge < -0.3 is 9.30 Å². The fourth-order valence-corrected chi connectivity index (χ4v) is 6.34. The predicted octanol–water partition coefficient (Wildman–Crippen LogP) is 5.25. The number of hydrogen-bond acceptors (Lipinski definition) is 1. The monoisotopic (exact) mass is 399 g/mol. The Morgan fingerprint density at radius 3 is 1.83 bits per heavy atom. The second kappa shape index (κ2) is 8.68. The van der Waals surface area contributed by atoms with Crippen LogP contribution in [0, 0.1) is 13.8 Å². The third-order valence-electron chi connectivity index (χ3n) is 5.08. The summed E-state index contributed by atoms with van der Waals surface area (Å²) in [6.07, 6.45) is 0. The zero-order valence-electron chi connectivity index (χ0n) is 17.2. The first-order chi connectivity index (χ1) is 14.2. The predicted molar refractivity (Wildman–Crippen MR) is 125 cm³/mol. The molecule has 0 fully saturated rings. The molecule has 0 N–H and O–H groups in total. The molecule has 4 aromatic rings. The molecule has 0 unspecified atom stereocenters. The largest absolute Gasteiger partial charge is 0.494 e. The summed E-state index contributed by atoms with van der Waals surface area (Å²) < 4.78 is 7.96. The Morgan fingerprint density at radius 1 is 0.759 bits per heavy atom. The summed E-state index contributed by atoms with van der Waals surface area (Å²) in [7, 11) is -0.610. The standard InChI is InChI=1S/C26H26NOP/c1-4-28-23-17-15-22(16-18-23)27-20(2)19-26(21(27)3)29(24-11-7-5-8-12-24)25-13-9-6-10-14-25/h5-19H,4H2,1-3H3. The molecule has 0 saturated heterocycles. The van der Waals surface area contributed by atoms with E-state index in [1.165, 1.54) is 33.0 Å². The van der Waals surface area contributed by atoms with Crippen molar-refractivity contribution < 1.29 is 4.74 Å². The minimum atomic E-state index is -0.610. The molecule has 0 aliphatic heterocycles. The van der Waals surface area contributed by atoms with Crippen LogP contribution in [-0.4, -0.2) is 11.2 Å². The van der Waals surface area contributed by atoms with E-state index in [2.05, 4.69) is 109 Å². The first kappa shape index (κ1) is 19.5. The highest BCUT2D eigenvalue weighted by atomic mass is 31.1. The third-order valence-corrected chi connectivity index (χ3v) is 7.64. The van der Waals surface area contributed by atoms with Gasteiger partial charge >= 0.3 is 0 Å². The highest BCUT2D eigenvalue weighted by Crippen LogP contribution is 2.35. The average Bonchev–Trinajstić information content (AvgIpc) is 3.04. The van der Waals surface area contributed by atoms with Crippen molar-refractivity contribution in [3.05, 3.63) is 102 Å². The van der Waals surface area contributed by atoms with Crippen LogP contribution in [0.4, 0.5) is 0 Å². The molecule has 0 aliphatic rings. The van der Waals surface area contributed by atoms with Crippen LogP contribution >= 0.6 is 7.92 Å².